The minimum absolute atomic E-state index is 0.0353. The Morgan fingerprint density at radius 3 is 1.97 bits per heavy atom. The van der Waals surface area contributed by atoms with Crippen molar-refractivity contribution in [2.45, 2.75) is 31.2 Å². The molecule has 0 spiro atoms. The zero-order valence-electron chi connectivity index (χ0n) is 17.1. The topological polar surface area (TPSA) is 182 Å². The number of rotatable bonds is 11. The van der Waals surface area contributed by atoms with E-state index < -0.39 is 47.9 Å². The fourth-order valence-electron chi connectivity index (χ4n) is 2.97. The molecule has 2 rings (SSSR count). The number of carbonyl (C=O) groups is 4. The molecule has 0 bridgehead atoms. The second kappa shape index (κ2) is 11.6. The number of aliphatic hydroxyl groups excluding tert-OH is 1. The molecule has 0 radical (unpaired) electrons. The van der Waals surface area contributed by atoms with E-state index in [9.17, 15) is 24.3 Å². The summed E-state index contributed by atoms with van der Waals surface area (Å²) < 4.78 is 5.07. The van der Waals surface area contributed by atoms with Crippen LogP contribution in [0, 0.1) is 5.92 Å². The van der Waals surface area contributed by atoms with Crippen molar-refractivity contribution in [1.29, 1.82) is 0 Å². The van der Waals surface area contributed by atoms with E-state index in [-0.39, 0.29) is 13.0 Å². The summed E-state index contributed by atoms with van der Waals surface area (Å²) in [6, 6.07) is 14.1. The highest BCUT2D eigenvalue weighted by molar-refractivity contribution is 6.03. The number of aliphatic carboxylic acids is 1. The van der Waals surface area contributed by atoms with E-state index in [4.69, 9.17) is 21.3 Å². The van der Waals surface area contributed by atoms with Gasteiger partial charge < -0.3 is 31.7 Å². The summed E-state index contributed by atoms with van der Waals surface area (Å²) in [4.78, 5) is 48.1. The van der Waals surface area contributed by atoms with Crippen molar-refractivity contribution >= 4 is 23.8 Å². The highest BCUT2D eigenvalue weighted by Gasteiger charge is 2.39. The molecular formula is C22H25N3O7. The summed E-state index contributed by atoms with van der Waals surface area (Å²) >= 11 is 0. The van der Waals surface area contributed by atoms with Gasteiger partial charge in [0, 0.05) is 0 Å². The van der Waals surface area contributed by atoms with E-state index in [0.29, 0.717) is 11.1 Å². The van der Waals surface area contributed by atoms with Crippen LogP contribution in [0.4, 0.5) is 0 Å². The van der Waals surface area contributed by atoms with Crippen LogP contribution in [-0.2, 0) is 36.9 Å². The van der Waals surface area contributed by atoms with Gasteiger partial charge in [-0.1, -0.05) is 60.7 Å². The maximum Gasteiger partial charge on any atom is 0.334 e. The molecule has 0 aliphatic carbocycles. The van der Waals surface area contributed by atoms with Crippen molar-refractivity contribution in [2.24, 2.45) is 17.4 Å². The average molecular weight is 443 g/mol. The molecule has 0 aliphatic rings. The highest BCUT2D eigenvalue weighted by atomic mass is 16.5. The van der Waals surface area contributed by atoms with Crippen LogP contribution in [0.5, 0.6) is 0 Å². The Labute approximate surface area is 184 Å². The van der Waals surface area contributed by atoms with Crippen LogP contribution in [0.3, 0.4) is 0 Å². The Balaban J connectivity index is 2.10. The minimum Gasteiger partial charge on any atom is -0.479 e. The predicted molar refractivity (Wildman–Crippen MR) is 113 cm³/mol. The average Bonchev–Trinajstić information content (AvgIpc) is 2.77. The summed E-state index contributed by atoms with van der Waals surface area (Å²) in [7, 11) is 0. The molecule has 0 fully saturated rings. The van der Waals surface area contributed by atoms with Crippen molar-refractivity contribution in [1.82, 2.24) is 5.32 Å². The third-order valence-corrected chi connectivity index (χ3v) is 4.71. The standard InChI is InChI=1S/C22H25N3O7/c23-17(16(19(24)27)22(31)32-12-14-9-5-2-6-10-14)20(28)25-15(18(26)21(29)30)11-13-7-3-1-4-8-13/h1-10,15-18,26H,11-12,23H2,(H2,24,27)(H,25,28)(H,29,30)/t15-,16?,17-,18-/m0/s1. The summed E-state index contributed by atoms with van der Waals surface area (Å²) in [5, 5.41) is 21.5. The van der Waals surface area contributed by atoms with Gasteiger partial charge in [0.15, 0.2) is 12.0 Å². The van der Waals surface area contributed by atoms with Gasteiger partial charge in [0.2, 0.25) is 11.8 Å². The number of nitrogens with one attached hydrogen (secondary N) is 1. The van der Waals surface area contributed by atoms with Crippen LogP contribution in [0.2, 0.25) is 0 Å². The van der Waals surface area contributed by atoms with Crippen molar-refractivity contribution < 1.29 is 34.1 Å². The minimum atomic E-state index is -1.96. The molecule has 170 valence electrons. The molecule has 32 heavy (non-hydrogen) atoms. The molecule has 4 atom stereocenters. The number of carbonyl (C=O) groups excluding carboxylic acids is 3. The number of esters is 1. The Morgan fingerprint density at radius 2 is 1.47 bits per heavy atom. The molecule has 2 aromatic carbocycles. The first kappa shape index (κ1) is 24.5. The van der Waals surface area contributed by atoms with Crippen molar-refractivity contribution in [3.05, 3.63) is 71.8 Å². The van der Waals surface area contributed by atoms with Gasteiger partial charge in [-0.2, -0.15) is 0 Å². The number of ether oxygens (including phenoxy) is 1. The van der Waals surface area contributed by atoms with Gasteiger partial charge in [-0.3, -0.25) is 14.4 Å². The Morgan fingerprint density at radius 1 is 0.938 bits per heavy atom. The van der Waals surface area contributed by atoms with E-state index in [1.807, 2.05) is 0 Å². The van der Waals surface area contributed by atoms with Crippen LogP contribution >= 0.6 is 0 Å². The quantitative estimate of drug-likeness (QED) is 0.224. The summed E-state index contributed by atoms with van der Waals surface area (Å²) in [6.07, 6.45) is -1.99. The molecule has 10 heteroatoms. The number of amides is 2. The van der Waals surface area contributed by atoms with E-state index >= 15 is 0 Å². The third-order valence-electron chi connectivity index (χ3n) is 4.71. The molecule has 2 amide bonds. The second-order valence-corrected chi connectivity index (χ2v) is 7.09. The number of carboxylic acid groups (broad SMARTS) is 1. The summed E-state index contributed by atoms with van der Waals surface area (Å²) in [6.45, 7) is -0.161. The lowest BCUT2D eigenvalue weighted by Crippen LogP contribution is -2.57. The smallest absolute Gasteiger partial charge is 0.334 e. The fraction of sp³-hybridized carbons (Fsp3) is 0.273. The molecule has 7 N–H and O–H groups in total. The lowest BCUT2D eigenvalue weighted by atomic mass is 9.96. The van der Waals surface area contributed by atoms with Crippen molar-refractivity contribution in [3.63, 3.8) is 0 Å². The SMILES string of the molecule is NC(=O)C(C(=O)OCc1ccccc1)[C@H](N)C(=O)N[C@@H](Cc1ccccc1)[C@H](O)C(=O)O. The Hall–Kier alpha value is -3.76. The van der Waals surface area contributed by atoms with E-state index in [0.717, 1.165) is 0 Å². The Kier molecular flexibility index (Phi) is 8.87. The third kappa shape index (κ3) is 6.89. The lowest BCUT2D eigenvalue weighted by Gasteiger charge is -2.25. The first-order chi connectivity index (χ1) is 15.2. The first-order valence-corrected chi connectivity index (χ1v) is 9.71. The molecule has 1 unspecified atom stereocenters. The monoisotopic (exact) mass is 443 g/mol. The normalized spacial score (nSPS) is 14.4. The fourth-order valence-corrected chi connectivity index (χ4v) is 2.97. The Bertz CT molecular complexity index is 937. The van der Waals surface area contributed by atoms with Crippen LogP contribution in [0.25, 0.3) is 0 Å². The zero-order chi connectivity index (χ0) is 23.7. The highest BCUT2D eigenvalue weighted by Crippen LogP contribution is 2.11. The molecule has 10 nitrogen and oxygen atoms in total. The molecular weight excluding hydrogens is 418 g/mol. The molecule has 0 saturated heterocycles. The maximum atomic E-state index is 12.6. The maximum absolute atomic E-state index is 12.6. The van der Waals surface area contributed by atoms with Gasteiger partial charge in [0.25, 0.3) is 0 Å². The molecule has 0 saturated carbocycles. The van der Waals surface area contributed by atoms with Gasteiger partial charge in [0.05, 0.1) is 6.04 Å². The van der Waals surface area contributed by atoms with Crippen LogP contribution in [0.1, 0.15) is 11.1 Å². The zero-order valence-corrected chi connectivity index (χ0v) is 17.1. The van der Waals surface area contributed by atoms with Crippen molar-refractivity contribution in [3.8, 4) is 0 Å². The number of carboxylic acids is 1. The van der Waals surface area contributed by atoms with Gasteiger partial charge in [-0.05, 0) is 17.5 Å². The summed E-state index contributed by atoms with van der Waals surface area (Å²) in [5.74, 6) is -6.68. The van der Waals surface area contributed by atoms with Gasteiger partial charge in [-0.25, -0.2) is 4.79 Å². The number of nitrogens with two attached hydrogens (primary N) is 2. The number of aliphatic hydroxyl groups is 1. The number of hydrogen-bond acceptors (Lipinski definition) is 7. The summed E-state index contributed by atoms with van der Waals surface area (Å²) in [5.41, 5.74) is 12.4. The molecule has 2 aromatic rings. The van der Waals surface area contributed by atoms with Gasteiger partial charge >= 0.3 is 11.9 Å². The number of primary amides is 1. The van der Waals surface area contributed by atoms with Crippen LogP contribution in [0.15, 0.2) is 60.7 Å². The van der Waals surface area contributed by atoms with Gasteiger partial charge in [-0.15, -0.1) is 0 Å². The molecule has 0 aliphatic heterocycles. The van der Waals surface area contributed by atoms with Crippen molar-refractivity contribution in [2.75, 3.05) is 0 Å². The van der Waals surface area contributed by atoms with Gasteiger partial charge in [0.1, 0.15) is 12.6 Å². The molecule has 0 heterocycles. The molecule has 0 aromatic heterocycles. The number of hydrogen-bond donors (Lipinski definition) is 5. The first-order valence-electron chi connectivity index (χ1n) is 9.71. The lowest BCUT2D eigenvalue weighted by molar-refractivity contribution is -0.156. The van der Waals surface area contributed by atoms with E-state index in [2.05, 4.69) is 5.32 Å². The van der Waals surface area contributed by atoms with E-state index in [1.165, 1.54) is 0 Å². The predicted octanol–water partition coefficient (Wildman–Crippen LogP) is -0.668. The second-order valence-electron chi connectivity index (χ2n) is 7.09. The van der Waals surface area contributed by atoms with E-state index in [1.54, 1.807) is 60.7 Å². The largest absolute Gasteiger partial charge is 0.479 e. The number of benzene rings is 2. The van der Waals surface area contributed by atoms with Crippen LogP contribution in [-0.4, -0.2) is 52.2 Å². The van der Waals surface area contributed by atoms with Crippen LogP contribution < -0.4 is 16.8 Å².